The first-order chi connectivity index (χ1) is 13.9. The minimum Gasteiger partial charge on any atom is -0.357 e. The Bertz CT molecular complexity index is 746. The Morgan fingerprint density at radius 1 is 1.07 bits per heavy atom. The molecular formula is C27H41NO. The van der Waals surface area contributed by atoms with Gasteiger partial charge in [-0.3, -0.25) is 5.32 Å². The maximum absolute atomic E-state index is 7.01. The predicted octanol–water partition coefficient (Wildman–Crippen LogP) is 6.09. The second-order valence-corrected chi connectivity index (χ2v) is 12.3. The Balaban J connectivity index is 1.30. The Morgan fingerprint density at radius 3 is 2.72 bits per heavy atom. The van der Waals surface area contributed by atoms with Gasteiger partial charge >= 0.3 is 0 Å². The zero-order valence-electron chi connectivity index (χ0n) is 19.0. The van der Waals surface area contributed by atoms with Crippen molar-refractivity contribution in [2.45, 2.75) is 90.9 Å². The molecule has 2 heteroatoms. The second-order valence-electron chi connectivity index (χ2n) is 12.3. The highest BCUT2D eigenvalue weighted by Gasteiger charge is 2.67. The van der Waals surface area contributed by atoms with Gasteiger partial charge in [0.25, 0.3) is 0 Å². The topological polar surface area (TPSA) is 21.3 Å². The molecule has 1 N–H and O–H groups in total. The monoisotopic (exact) mass is 395 g/mol. The van der Waals surface area contributed by atoms with Crippen molar-refractivity contribution in [1.82, 2.24) is 5.32 Å². The second kappa shape index (κ2) is 6.22. The molecule has 29 heavy (non-hydrogen) atoms. The molecule has 0 aromatic heterocycles. The SMILES string of the molecule is C[C@@H]1CC[C@@]2(NC1)O[C@H]1C[C@@H]3[C@@H]4CC=C5C=CCC[C@]5(C)[C@H]4CC[C@]3(C)[C@H]1[C@@H]2C. The summed E-state index contributed by atoms with van der Waals surface area (Å²) >= 11 is 0. The van der Waals surface area contributed by atoms with Crippen LogP contribution in [-0.4, -0.2) is 18.4 Å². The maximum Gasteiger partial charge on any atom is 0.122 e. The molecule has 10 atom stereocenters. The van der Waals surface area contributed by atoms with Crippen LogP contribution in [0.1, 0.15) is 79.1 Å². The van der Waals surface area contributed by atoms with Gasteiger partial charge in [0, 0.05) is 12.5 Å². The van der Waals surface area contributed by atoms with Crippen LogP contribution in [0.3, 0.4) is 0 Å². The van der Waals surface area contributed by atoms with E-state index in [1.807, 2.05) is 0 Å². The fourth-order valence-electron chi connectivity index (χ4n) is 9.50. The Kier molecular flexibility index (Phi) is 4.10. The van der Waals surface area contributed by atoms with Crippen molar-refractivity contribution < 1.29 is 4.74 Å². The lowest BCUT2D eigenvalue weighted by molar-refractivity contribution is -0.114. The molecule has 0 radical (unpaired) electrons. The van der Waals surface area contributed by atoms with E-state index in [0.717, 1.165) is 36.1 Å². The first-order valence-corrected chi connectivity index (χ1v) is 12.7. The van der Waals surface area contributed by atoms with Crippen LogP contribution < -0.4 is 5.32 Å². The van der Waals surface area contributed by atoms with Crippen LogP contribution in [0.15, 0.2) is 23.8 Å². The van der Waals surface area contributed by atoms with Gasteiger partial charge in [-0.05, 0) is 97.4 Å². The normalized spacial score (nSPS) is 58.3. The van der Waals surface area contributed by atoms with Crippen LogP contribution in [0.4, 0.5) is 0 Å². The van der Waals surface area contributed by atoms with Crippen molar-refractivity contribution in [3.05, 3.63) is 23.8 Å². The van der Waals surface area contributed by atoms with Gasteiger partial charge in [-0.2, -0.15) is 0 Å². The van der Waals surface area contributed by atoms with Crippen molar-refractivity contribution in [3.8, 4) is 0 Å². The molecule has 6 rings (SSSR count). The number of nitrogens with one attached hydrogen (secondary N) is 1. The highest BCUT2D eigenvalue weighted by atomic mass is 16.5. The predicted molar refractivity (Wildman–Crippen MR) is 118 cm³/mol. The first kappa shape index (κ1) is 19.1. The van der Waals surface area contributed by atoms with E-state index in [2.05, 4.69) is 51.2 Å². The zero-order chi connectivity index (χ0) is 20.0. The molecule has 0 unspecified atom stereocenters. The molecule has 2 nitrogen and oxygen atoms in total. The molecule has 0 amide bonds. The van der Waals surface area contributed by atoms with E-state index >= 15 is 0 Å². The summed E-state index contributed by atoms with van der Waals surface area (Å²) < 4.78 is 7.01. The molecule has 2 saturated carbocycles. The lowest BCUT2D eigenvalue weighted by Gasteiger charge is -2.57. The number of rotatable bonds is 0. The summed E-state index contributed by atoms with van der Waals surface area (Å²) in [4.78, 5) is 0. The molecule has 160 valence electrons. The van der Waals surface area contributed by atoms with E-state index in [1.165, 1.54) is 51.4 Å². The standard InChI is InChI=1S/C27H41NO/c1-17-10-14-27(28-16-17)18(2)24-23(29-27)15-22-20-9-8-19-7-5-6-12-25(19,3)21(20)11-13-26(22,24)4/h5,7-8,17-18,20-24,28H,6,9-16H2,1-4H3/t17-,18+,20-,21+,22-,23+,24+,25+,26+,27-/m1/s1. The molecule has 6 aliphatic rings. The van der Waals surface area contributed by atoms with Crippen LogP contribution >= 0.6 is 0 Å². The van der Waals surface area contributed by atoms with Crippen molar-refractivity contribution in [2.24, 2.45) is 46.3 Å². The highest BCUT2D eigenvalue weighted by Crippen LogP contribution is 2.69. The van der Waals surface area contributed by atoms with Gasteiger partial charge in [0.15, 0.2) is 0 Å². The minimum atomic E-state index is -0.0214. The fraction of sp³-hybridized carbons (Fsp3) is 0.852. The van der Waals surface area contributed by atoms with Crippen molar-refractivity contribution in [1.29, 1.82) is 0 Å². The Labute approximate surface area is 177 Å². The van der Waals surface area contributed by atoms with Crippen LogP contribution in [0, 0.1) is 46.3 Å². The molecule has 2 aliphatic heterocycles. The third kappa shape index (κ3) is 2.42. The molecule has 2 heterocycles. The average molecular weight is 396 g/mol. The number of allylic oxidation sites excluding steroid dienone is 4. The third-order valence-corrected chi connectivity index (χ3v) is 11.1. The number of ether oxygens (including phenoxy) is 1. The Morgan fingerprint density at radius 2 is 1.93 bits per heavy atom. The van der Waals surface area contributed by atoms with Gasteiger partial charge in [0.2, 0.25) is 0 Å². The molecule has 2 saturated heterocycles. The van der Waals surface area contributed by atoms with E-state index < -0.39 is 0 Å². The van der Waals surface area contributed by atoms with E-state index in [4.69, 9.17) is 4.74 Å². The average Bonchev–Trinajstić information content (AvgIpc) is 3.15. The van der Waals surface area contributed by atoms with Crippen molar-refractivity contribution in [2.75, 3.05) is 6.54 Å². The lowest BCUT2D eigenvalue weighted by atomic mass is 9.47. The maximum atomic E-state index is 7.01. The van der Waals surface area contributed by atoms with Gasteiger partial charge in [0.1, 0.15) is 5.72 Å². The van der Waals surface area contributed by atoms with Gasteiger partial charge < -0.3 is 4.74 Å². The zero-order valence-corrected chi connectivity index (χ0v) is 19.0. The van der Waals surface area contributed by atoms with Gasteiger partial charge in [-0.25, -0.2) is 0 Å². The van der Waals surface area contributed by atoms with E-state index in [1.54, 1.807) is 5.57 Å². The highest BCUT2D eigenvalue weighted by molar-refractivity contribution is 5.34. The number of piperidine rings is 1. The quantitative estimate of drug-likeness (QED) is 0.536. The summed E-state index contributed by atoms with van der Waals surface area (Å²) in [6, 6.07) is 0. The summed E-state index contributed by atoms with van der Waals surface area (Å²) in [6.07, 6.45) is 18.7. The van der Waals surface area contributed by atoms with Crippen LogP contribution in [0.5, 0.6) is 0 Å². The van der Waals surface area contributed by atoms with Crippen LogP contribution in [0.25, 0.3) is 0 Å². The van der Waals surface area contributed by atoms with E-state index in [9.17, 15) is 0 Å². The van der Waals surface area contributed by atoms with Gasteiger partial charge in [-0.15, -0.1) is 0 Å². The lowest BCUT2D eigenvalue weighted by Crippen LogP contribution is -2.56. The summed E-state index contributed by atoms with van der Waals surface area (Å²) in [5.41, 5.74) is 2.56. The number of fused-ring (bicyclic) bond motifs is 7. The number of hydrogen-bond donors (Lipinski definition) is 1. The minimum absolute atomic E-state index is 0.0214. The molecule has 0 aromatic rings. The number of hydrogen-bond acceptors (Lipinski definition) is 2. The smallest absolute Gasteiger partial charge is 0.122 e. The molecule has 1 spiro atoms. The van der Waals surface area contributed by atoms with Gasteiger partial charge in [0.05, 0.1) is 6.10 Å². The summed E-state index contributed by atoms with van der Waals surface area (Å²) in [7, 11) is 0. The summed E-state index contributed by atoms with van der Waals surface area (Å²) in [5, 5.41) is 3.90. The largest absolute Gasteiger partial charge is 0.357 e. The van der Waals surface area contributed by atoms with Crippen LogP contribution in [-0.2, 0) is 4.74 Å². The molecule has 4 aliphatic carbocycles. The van der Waals surface area contributed by atoms with Crippen molar-refractivity contribution in [3.63, 3.8) is 0 Å². The van der Waals surface area contributed by atoms with Crippen LogP contribution in [0.2, 0.25) is 0 Å². The van der Waals surface area contributed by atoms with Gasteiger partial charge in [-0.1, -0.05) is 45.9 Å². The molecule has 0 bridgehead atoms. The first-order valence-electron chi connectivity index (χ1n) is 12.7. The molecular weight excluding hydrogens is 354 g/mol. The van der Waals surface area contributed by atoms with E-state index in [-0.39, 0.29) is 5.72 Å². The van der Waals surface area contributed by atoms with Crippen molar-refractivity contribution >= 4 is 0 Å². The summed E-state index contributed by atoms with van der Waals surface area (Å²) in [5.74, 6) is 4.82. The molecule has 0 aromatic carbocycles. The third-order valence-electron chi connectivity index (χ3n) is 11.1. The van der Waals surface area contributed by atoms with E-state index in [0.29, 0.717) is 22.9 Å². The Hall–Kier alpha value is -0.600. The fourth-order valence-corrected chi connectivity index (χ4v) is 9.50. The molecule has 4 fully saturated rings. The summed E-state index contributed by atoms with van der Waals surface area (Å²) in [6.45, 7) is 11.3.